The highest BCUT2D eigenvalue weighted by molar-refractivity contribution is 6.34. The molecule has 1 aliphatic rings. The summed E-state index contributed by atoms with van der Waals surface area (Å²) in [5, 5.41) is 3.77. The lowest BCUT2D eigenvalue weighted by Crippen LogP contribution is -2.30. The van der Waals surface area contributed by atoms with Gasteiger partial charge in [0.05, 0.1) is 5.02 Å². The number of benzene rings is 1. The van der Waals surface area contributed by atoms with Crippen LogP contribution in [0.5, 0.6) is 0 Å². The molecular formula is C12H14ClNO. The number of rotatable bonds is 2. The van der Waals surface area contributed by atoms with Crippen molar-refractivity contribution in [2.24, 2.45) is 5.41 Å². The van der Waals surface area contributed by atoms with E-state index in [1.807, 2.05) is 19.1 Å². The fourth-order valence-corrected chi connectivity index (χ4v) is 2.20. The molecule has 1 aromatic carbocycles. The van der Waals surface area contributed by atoms with E-state index in [4.69, 9.17) is 11.6 Å². The number of carbonyl (C=O) groups is 1. The second-order valence-corrected chi connectivity index (χ2v) is 4.70. The van der Waals surface area contributed by atoms with Gasteiger partial charge in [0.15, 0.2) is 5.78 Å². The van der Waals surface area contributed by atoms with Gasteiger partial charge in [-0.2, -0.15) is 0 Å². The Hall–Kier alpha value is -0.860. The molecule has 0 spiro atoms. The maximum absolute atomic E-state index is 12.3. The number of hydrogen-bond acceptors (Lipinski definition) is 2. The van der Waals surface area contributed by atoms with Gasteiger partial charge in [0.1, 0.15) is 0 Å². The molecule has 0 aliphatic carbocycles. The Labute approximate surface area is 94.6 Å². The molecule has 1 aliphatic heterocycles. The van der Waals surface area contributed by atoms with E-state index in [0.29, 0.717) is 10.6 Å². The number of Topliss-reactive ketones (excluding diaryl/α,β-unsaturated/α-hetero) is 1. The molecule has 2 rings (SSSR count). The van der Waals surface area contributed by atoms with E-state index >= 15 is 0 Å². The van der Waals surface area contributed by atoms with Crippen LogP contribution >= 0.6 is 11.6 Å². The molecule has 1 fully saturated rings. The van der Waals surface area contributed by atoms with Crippen molar-refractivity contribution in [1.82, 2.24) is 5.32 Å². The average molecular weight is 224 g/mol. The second-order valence-electron chi connectivity index (χ2n) is 4.30. The van der Waals surface area contributed by atoms with Crippen LogP contribution < -0.4 is 5.32 Å². The van der Waals surface area contributed by atoms with E-state index in [1.165, 1.54) is 0 Å². The summed E-state index contributed by atoms with van der Waals surface area (Å²) in [6, 6.07) is 7.26. The predicted molar refractivity (Wildman–Crippen MR) is 61.4 cm³/mol. The molecule has 0 aromatic heterocycles. The van der Waals surface area contributed by atoms with Gasteiger partial charge in [-0.15, -0.1) is 0 Å². The summed E-state index contributed by atoms with van der Waals surface area (Å²) in [5.74, 6) is 0.151. The Morgan fingerprint density at radius 3 is 2.80 bits per heavy atom. The Morgan fingerprint density at radius 1 is 1.47 bits per heavy atom. The first-order valence-corrected chi connectivity index (χ1v) is 5.51. The molecule has 1 atom stereocenters. The van der Waals surface area contributed by atoms with Crippen LogP contribution in [0, 0.1) is 5.41 Å². The molecule has 2 nitrogen and oxygen atoms in total. The van der Waals surface area contributed by atoms with Crippen molar-refractivity contribution in [2.75, 3.05) is 13.1 Å². The van der Waals surface area contributed by atoms with Gasteiger partial charge >= 0.3 is 0 Å². The molecule has 0 radical (unpaired) electrons. The molecular weight excluding hydrogens is 210 g/mol. The quantitative estimate of drug-likeness (QED) is 0.781. The van der Waals surface area contributed by atoms with Crippen molar-refractivity contribution >= 4 is 17.4 Å². The fraction of sp³-hybridized carbons (Fsp3) is 0.417. The zero-order valence-corrected chi connectivity index (χ0v) is 9.47. The maximum atomic E-state index is 12.3. The molecule has 1 N–H and O–H groups in total. The first-order chi connectivity index (χ1) is 7.13. The lowest BCUT2D eigenvalue weighted by Gasteiger charge is -2.21. The van der Waals surface area contributed by atoms with Gasteiger partial charge in [0.25, 0.3) is 0 Å². The molecule has 3 heteroatoms. The number of nitrogens with one attached hydrogen (secondary N) is 1. The van der Waals surface area contributed by atoms with Crippen LogP contribution in [0.25, 0.3) is 0 Å². The summed E-state index contributed by atoms with van der Waals surface area (Å²) in [6.07, 6.45) is 0.886. The first-order valence-electron chi connectivity index (χ1n) is 5.13. The first kappa shape index (κ1) is 10.7. The van der Waals surface area contributed by atoms with E-state index in [0.717, 1.165) is 19.5 Å². The highest BCUT2D eigenvalue weighted by Crippen LogP contribution is 2.31. The lowest BCUT2D eigenvalue weighted by molar-refractivity contribution is 0.0839. The van der Waals surface area contributed by atoms with Crippen molar-refractivity contribution in [1.29, 1.82) is 0 Å². The predicted octanol–water partition coefficient (Wildman–Crippen LogP) is 2.52. The molecule has 80 valence electrons. The number of halogens is 1. The Morgan fingerprint density at radius 2 is 2.20 bits per heavy atom. The summed E-state index contributed by atoms with van der Waals surface area (Å²) in [6.45, 7) is 3.66. The van der Waals surface area contributed by atoms with Gasteiger partial charge in [-0.3, -0.25) is 4.79 Å². The monoisotopic (exact) mass is 223 g/mol. The minimum Gasteiger partial charge on any atom is -0.316 e. The highest BCUT2D eigenvalue weighted by atomic mass is 35.5. The van der Waals surface area contributed by atoms with Crippen molar-refractivity contribution in [3.05, 3.63) is 34.9 Å². The minimum atomic E-state index is -0.287. The molecule has 0 bridgehead atoms. The van der Waals surface area contributed by atoms with E-state index < -0.39 is 0 Å². The van der Waals surface area contributed by atoms with Crippen LogP contribution in [0.15, 0.2) is 24.3 Å². The molecule has 15 heavy (non-hydrogen) atoms. The SMILES string of the molecule is CC1(C(=O)c2ccccc2Cl)CCNC1. The van der Waals surface area contributed by atoms with Crippen LogP contribution in [0.1, 0.15) is 23.7 Å². The second kappa shape index (κ2) is 3.95. The third kappa shape index (κ3) is 1.92. The summed E-state index contributed by atoms with van der Waals surface area (Å²) in [4.78, 5) is 12.3. The van der Waals surface area contributed by atoms with E-state index in [1.54, 1.807) is 12.1 Å². The van der Waals surface area contributed by atoms with Crippen molar-refractivity contribution < 1.29 is 4.79 Å². The van der Waals surface area contributed by atoms with Gasteiger partial charge in [0, 0.05) is 17.5 Å². The van der Waals surface area contributed by atoms with Crippen molar-refractivity contribution in [2.45, 2.75) is 13.3 Å². The summed E-state index contributed by atoms with van der Waals surface area (Å²) >= 11 is 6.02. The number of hydrogen-bond donors (Lipinski definition) is 1. The number of ketones is 1. The van der Waals surface area contributed by atoms with Gasteiger partial charge in [0.2, 0.25) is 0 Å². The molecule has 1 saturated heterocycles. The minimum absolute atomic E-state index is 0.151. The normalized spacial score (nSPS) is 25.5. The number of carbonyl (C=O) groups excluding carboxylic acids is 1. The topological polar surface area (TPSA) is 29.1 Å². The van der Waals surface area contributed by atoms with Crippen LogP contribution in [0.4, 0.5) is 0 Å². The van der Waals surface area contributed by atoms with Gasteiger partial charge in [-0.1, -0.05) is 30.7 Å². The van der Waals surface area contributed by atoms with Crippen molar-refractivity contribution in [3.8, 4) is 0 Å². The third-order valence-electron chi connectivity index (χ3n) is 3.04. The zero-order valence-electron chi connectivity index (χ0n) is 8.72. The third-order valence-corrected chi connectivity index (χ3v) is 3.36. The molecule has 1 heterocycles. The van der Waals surface area contributed by atoms with E-state index in [-0.39, 0.29) is 11.2 Å². The Kier molecular flexibility index (Phi) is 2.81. The maximum Gasteiger partial charge on any atom is 0.171 e. The van der Waals surface area contributed by atoms with Crippen LogP contribution in [0.3, 0.4) is 0 Å². The Balaban J connectivity index is 2.32. The van der Waals surface area contributed by atoms with Crippen LogP contribution in [-0.4, -0.2) is 18.9 Å². The smallest absolute Gasteiger partial charge is 0.171 e. The van der Waals surface area contributed by atoms with Crippen LogP contribution in [-0.2, 0) is 0 Å². The Bertz CT molecular complexity index is 383. The molecule has 0 amide bonds. The van der Waals surface area contributed by atoms with Gasteiger partial charge in [-0.05, 0) is 25.1 Å². The van der Waals surface area contributed by atoms with Crippen LogP contribution in [0.2, 0.25) is 5.02 Å². The fourth-order valence-electron chi connectivity index (χ4n) is 1.98. The zero-order chi connectivity index (χ0) is 10.9. The summed E-state index contributed by atoms with van der Waals surface area (Å²) in [5.41, 5.74) is 0.357. The standard InChI is InChI=1S/C12H14ClNO/c1-12(6-7-14-8-12)11(15)9-4-2-3-5-10(9)13/h2-5,14H,6-8H2,1H3. The van der Waals surface area contributed by atoms with E-state index in [2.05, 4.69) is 5.32 Å². The molecule has 1 aromatic rings. The largest absolute Gasteiger partial charge is 0.316 e. The van der Waals surface area contributed by atoms with Gasteiger partial charge in [-0.25, -0.2) is 0 Å². The average Bonchev–Trinajstić information content (AvgIpc) is 2.66. The summed E-state index contributed by atoms with van der Waals surface area (Å²) in [7, 11) is 0. The van der Waals surface area contributed by atoms with Gasteiger partial charge < -0.3 is 5.32 Å². The summed E-state index contributed by atoms with van der Waals surface area (Å²) < 4.78 is 0. The molecule has 0 saturated carbocycles. The molecule has 1 unspecified atom stereocenters. The van der Waals surface area contributed by atoms with Crippen molar-refractivity contribution in [3.63, 3.8) is 0 Å². The van der Waals surface area contributed by atoms with E-state index in [9.17, 15) is 4.79 Å². The lowest BCUT2D eigenvalue weighted by atomic mass is 9.81. The highest BCUT2D eigenvalue weighted by Gasteiger charge is 2.37.